The molecule has 0 aliphatic heterocycles. The Morgan fingerprint density at radius 3 is 2.68 bits per heavy atom. The summed E-state index contributed by atoms with van der Waals surface area (Å²) in [5.74, 6) is 1.55. The summed E-state index contributed by atoms with van der Waals surface area (Å²) in [6, 6.07) is 12.9. The van der Waals surface area contributed by atoms with Crippen LogP contribution in [0.15, 0.2) is 48.8 Å². The predicted molar refractivity (Wildman–Crippen MR) is 98.5 cm³/mol. The number of nitrogens with two attached hydrogens (primary N) is 1. The minimum atomic E-state index is -0.221. The number of nitrogens with zero attached hydrogens (tertiary/aromatic N) is 3. The molecule has 5 heteroatoms. The Kier molecular flexibility index (Phi) is 3.31. The molecular formula is C20H23N5. The van der Waals surface area contributed by atoms with Crippen LogP contribution < -0.4 is 11.1 Å². The van der Waals surface area contributed by atoms with Gasteiger partial charge in [0.2, 0.25) is 0 Å². The van der Waals surface area contributed by atoms with Crippen LogP contribution in [0.1, 0.15) is 49.3 Å². The van der Waals surface area contributed by atoms with Gasteiger partial charge in [-0.25, -0.2) is 9.50 Å². The Labute approximate surface area is 147 Å². The molecule has 0 radical (unpaired) electrons. The lowest BCUT2D eigenvalue weighted by Crippen LogP contribution is -2.54. The average molecular weight is 333 g/mol. The number of rotatable bonds is 4. The highest BCUT2D eigenvalue weighted by atomic mass is 15.2. The summed E-state index contributed by atoms with van der Waals surface area (Å²) in [5, 5.41) is 8.32. The van der Waals surface area contributed by atoms with Crippen molar-refractivity contribution < 1.29 is 0 Å². The van der Waals surface area contributed by atoms with Gasteiger partial charge in [0.15, 0.2) is 5.82 Å². The Balaban J connectivity index is 1.34. The van der Waals surface area contributed by atoms with Crippen molar-refractivity contribution in [2.45, 2.75) is 49.6 Å². The molecule has 0 spiro atoms. The summed E-state index contributed by atoms with van der Waals surface area (Å²) in [6.45, 7) is 0. The van der Waals surface area contributed by atoms with Gasteiger partial charge in [0.05, 0.1) is 5.69 Å². The number of benzene rings is 1. The number of nitrogens with one attached hydrogen (secondary N) is 1. The maximum atomic E-state index is 6.57. The fourth-order valence-corrected chi connectivity index (χ4v) is 4.08. The SMILES string of the molecule is NC1(c2ccccc2)CC(Nc2nccn3nc(C4CCC4)cc23)C1. The summed E-state index contributed by atoms with van der Waals surface area (Å²) in [7, 11) is 0. The molecule has 2 aliphatic rings. The van der Waals surface area contributed by atoms with Crippen LogP contribution in [0, 0.1) is 0 Å². The van der Waals surface area contributed by atoms with Crippen LogP contribution in [0.3, 0.4) is 0 Å². The zero-order valence-electron chi connectivity index (χ0n) is 14.2. The standard InChI is InChI=1S/C20H23N5/c21-20(15-7-2-1-3-8-15)12-16(13-20)23-19-18-11-17(14-5-4-6-14)24-25(18)10-9-22-19/h1-3,7-11,14,16H,4-6,12-13,21H2,(H,22,23). The van der Waals surface area contributed by atoms with Crippen molar-refractivity contribution in [2.24, 2.45) is 5.73 Å². The Morgan fingerprint density at radius 1 is 1.16 bits per heavy atom. The average Bonchev–Trinajstić information content (AvgIpc) is 2.96. The largest absolute Gasteiger partial charge is 0.365 e. The third-order valence-electron chi connectivity index (χ3n) is 5.84. The second kappa shape index (κ2) is 5.56. The van der Waals surface area contributed by atoms with Gasteiger partial charge in [-0.2, -0.15) is 5.10 Å². The van der Waals surface area contributed by atoms with E-state index in [1.165, 1.54) is 30.5 Å². The lowest BCUT2D eigenvalue weighted by molar-refractivity contribution is 0.226. The maximum Gasteiger partial charge on any atom is 0.152 e. The summed E-state index contributed by atoms with van der Waals surface area (Å²) in [6.07, 6.45) is 9.43. The van der Waals surface area contributed by atoms with Gasteiger partial charge in [0.1, 0.15) is 5.52 Å². The van der Waals surface area contributed by atoms with Gasteiger partial charge in [-0.3, -0.25) is 0 Å². The smallest absolute Gasteiger partial charge is 0.152 e. The van der Waals surface area contributed by atoms with Crippen molar-refractivity contribution in [1.82, 2.24) is 14.6 Å². The molecule has 0 saturated heterocycles. The second-order valence-corrected chi connectivity index (χ2v) is 7.57. The molecule has 2 saturated carbocycles. The first-order chi connectivity index (χ1) is 12.2. The van der Waals surface area contributed by atoms with Crippen LogP contribution in [0.2, 0.25) is 0 Å². The van der Waals surface area contributed by atoms with Gasteiger partial charge in [-0.15, -0.1) is 0 Å². The first kappa shape index (κ1) is 14.9. The van der Waals surface area contributed by atoms with Gasteiger partial charge in [-0.1, -0.05) is 36.8 Å². The van der Waals surface area contributed by atoms with Gasteiger partial charge >= 0.3 is 0 Å². The fraction of sp³-hybridized carbons (Fsp3) is 0.400. The van der Waals surface area contributed by atoms with E-state index in [4.69, 9.17) is 10.8 Å². The Hall–Kier alpha value is -2.40. The molecule has 2 fully saturated rings. The van der Waals surface area contributed by atoms with E-state index >= 15 is 0 Å². The van der Waals surface area contributed by atoms with Crippen molar-refractivity contribution in [3.05, 3.63) is 60.0 Å². The first-order valence-corrected chi connectivity index (χ1v) is 9.16. The van der Waals surface area contributed by atoms with Crippen LogP contribution in [0.4, 0.5) is 5.82 Å². The van der Waals surface area contributed by atoms with Crippen LogP contribution in [0.25, 0.3) is 5.52 Å². The minimum absolute atomic E-state index is 0.221. The number of hydrogen-bond acceptors (Lipinski definition) is 4. The Morgan fingerprint density at radius 2 is 1.96 bits per heavy atom. The van der Waals surface area contributed by atoms with Gasteiger partial charge in [0, 0.05) is 29.9 Å². The van der Waals surface area contributed by atoms with Crippen molar-refractivity contribution in [1.29, 1.82) is 0 Å². The lowest BCUT2D eigenvalue weighted by atomic mass is 9.69. The molecule has 0 atom stereocenters. The molecule has 128 valence electrons. The molecule has 2 aromatic heterocycles. The molecule has 3 N–H and O–H groups in total. The number of hydrogen-bond donors (Lipinski definition) is 2. The highest BCUT2D eigenvalue weighted by molar-refractivity contribution is 5.68. The summed E-state index contributed by atoms with van der Waals surface area (Å²) in [5.41, 5.74) is 9.84. The van der Waals surface area contributed by atoms with Gasteiger partial charge in [0.25, 0.3) is 0 Å². The van der Waals surface area contributed by atoms with E-state index in [1.54, 1.807) is 0 Å². The highest BCUT2D eigenvalue weighted by Crippen LogP contribution is 2.41. The van der Waals surface area contributed by atoms with E-state index in [2.05, 4.69) is 40.6 Å². The molecule has 5 rings (SSSR count). The minimum Gasteiger partial charge on any atom is -0.365 e. The van der Waals surface area contributed by atoms with Crippen molar-refractivity contribution in [3.63, 3.8) is 0 Å². The molecule has 2 aliphatic carbocycles. The molecule has 0 amide bonds. The summed E-state index contributed by atoms with van der Waals surface area (Å²) < 4.78 is 1.95. The van der Waals surface area contributed by atoms with Crippen LogP contribution in [-0.4, -0.2) is 20.6 Å². The third-order valence-corrected chi connectivity index (χ3v) is 5.84. The molecule has 0 bridgehead atoms. The van der Waals surface area contributed by atoms with E-state index in [9.17, 15) is 0 Å². The van der Waals surface area contributed by atoms with Gasteiger partial charge < -0.3 is 11.1 Å². The van der Waals surface area contributed by atoms with Gasteiger partial charge in [-0.05, 0) is 37.3 Å². The van der Waals surface area contributed by atoms with Crippen molar-refractivity contribution in [2.75, 3.05) is 5.32 Å². The van der Waals surface area contributed by atoms with E-state index in [0.29, 0.717) is 12.0 Å². The first-order valence-electron chi connectivity index (χ1n) is 9.16. The predicted octanol–water partition coefficient (Wildman–Crippen LogP) is 3.43. The molecular weight excluding hydrogens is 310 g/mol. The number of anilines is 1. The number of aromatic nitrogens is 3. The molecule has 1 aromatic carbocycles. The zero-order valence-corrected chi connectivity index (χ0v) is 14.2. The van der Waals surface area contributed by atoms with E-state index in [1.807, 2.05) is 23.0 Å². The van der Waals surface area contributed by atoms with Crippen molar-refractivity contribution in [3.8, 4) is 0 Å². The zero-order chi connectivity index (χ0) is 16.9. The third kappa shape index (κ3) is 2.50. The fourth-order valence-electron chi connectivity index (χ4n) is 4.08. The lowest BCUT2D eigenvalue weighted by Gasteiger charge is -2.45. The topological polar surface area (TPSA) is 68.2 Å². The summed E-state index contributed by atoms with van der Waals surface area (Å²) >= 11 is 0. The van der Waals surface area contributed by atoms with E-state index in [-0.39, 0.29) is 5.54 Å². The molecule has 0 unspecified atom stereocenters. The number of fused-ring (bicyclic) bond motifs is 1. The Bertz CT molecular complexity index is 891. The van der Waals surface area contributed by atoms with Crippen LogP contribution in [-0.2, 0) is 5.54 Å². The molecule has 25 heavy (non-hydrogen) atoms. The summed E-state index contributed by atoms with van der Waals surface area (Å²) in [4.78, 5) is 4.55. The van der Waals surface area contributed by atoms with Crippen LogP contribution >= 0.6 is 0 Å². The van der Waals surface area contributed by atoms with E-state index in [0.717, 1.165) is 24.2 Å². The monoisotopic (exact) mass is 333 g/mol. The molecule has 5 nitrogen and oxygen atoms in total. The highest BCUT2D eigenvalue weighted by Gasteiger charge is 2.42. The molecule has 2 heterocycles. The quantitative estimate of drug-likeness (QED) is 0.767. The normalized spacial score (nSPS) is 26.2. The molecule has 3 aromatic rings. The second-order valence-electron chi connectivity index (χ2n) is 7.57. The van der Waals surface area contributed by atoms with E-state index < -0.39 is 0 Å². The van der Waals surface area contributed by atoms with Crippen LogP contribution in [0.5, 0.6) is 0 Å². The maximum absolute atomic E-state index is 6.57. The van der Waals surface area contributed by atoms with Crippen molar-refractivity contribution >= 4 is 11.3 Å².